The quantitative estimate of drug-likeness (QED) is 0.803. The number of carbonyl (C=O) groups excluding carboxylic acids is 2. The van der Waals surface area contributed by atoms with Crippen LogP contribution in [0.1, 0.15) is 27.0 Å². The number of aryl methyl sites for hydroxylation is 1. The molecule has 0 spiro atoms. The van der Waals surface area contributed by atoms with Gasteiger partial charge in [0.05, 0.1) is 30.1 Å². The average Bonchev–Trinajstić information content (AvgIpc) is 2.63. The Labute approximate surface area is 151 Å². The molecule has 0 aliphatic heterocycles. The average molecular weight is 354 g/mol. The van der Waals surface area contributed by atoms with Gasteiger partial charge < -0.3 is 10.1 Å². The molecular weight excluding hydrogens is 336 g/mol. The molecule has 0 atom stereocenters. The maximum Gasteiger partial charge on any atom is 0.337 e. The van der Waals surface area contributed by atoms with Crippen molar-refractivity contribution in [2.45, 2.75) is 12.7 Å². The van der Waals surface area contributed by atoms with Crippen molar-refractivity contribution in [1.29, 1.82) is 5.26 Å². The molecule has 0 heterocycles. The first-order chi connectivity index (χ1) is 12.0. The molecule has 0 aromatic heterocycles. The SMILES string of the molecule is COC(=O)c1ccc(C)c(NC(=O)CSCc2cccc(C#N)c2)c1. The van der Waals surface area contributed by atoms with Gasteiger partial charge in [-0.05, 0) is 42.3 Å². The molecule has 0 aliphatic rings. The van der Waals surface area contributed by atoms with E-state index in [2.05, 4.69) is 11.4 Å². The maximum absolute atomic E-state index is 12.1. The second-order valence-corrected chi connectivity index (χ2v) is 6.36. The summed E-state index contributed by atoms with van der Waals surface area (Å²) in [7, 11) is 1.32. The van der Waals surface area contributed by atoms with E-state index in [-0.39, 0.29) is 11.7 Å². The first kappa shape index (κ1) is 18.6. The van der Waals surface area contributed by atoms with Crippen LogP contribution in [0.15, 0.2) is 42.5 Å². The molecule has 0 radical (unpaired) electrons. The number of carbonyl (C=O) groups is 2. The highest BCUT2D eigenvalue weighted by atomic mass is 32.2. The van der Waals surface area contributed by atoms with Gasteiger partial charge in [0.25, 0.3) is 0 Å². The van der Waals surface area contributed by atoms with E-state index in [9.17, 15) is 9.59 Å². The van der Waals surface area contributed by atoms with Crippen molar-refractivity contribution in [3.05, 3.63) is 64.7 Å². The zero-order chi connectivity index (χ0) is 18.2. The summed E-state index contributed by atoms with van der Waals surface area (Å²) < 4.78 is 4.69. The van der Waals surface area contributed by atoms with Gasteiger partial charge in [0.15, 0.2) is 0 Å². The fraction of sp³-hybridized carbons (Fsp3) is 0.211. The summed E-state index contributed by atoms with van der Waals surface area (Å²) in [6.07, 6.45) is 0. The number of thioether (sulfide) groups is 1. The number of rotatable bonds is 6. The summed E-state index contributed by atoms with van der Waals surface area (Å²) in [4.78, 5) is 23.7. The molecular formula is C19H18N2O3S. The number of anilines is 1. The van der Waals surface area contributed by atoms with Gasteiger partial charge in [-0.3, -0.25) is 4.79 Å². The predicted octanol–water partition coefficient (Wildman–Crippen LogP) is 3.53. The van der Waals surface area contributed by atoms with Gasteiger partial charge in [0.2, 0.25) is 5.91 Å². The summed E-state index contributed by atoms with van der Waals surface area (Å²) in [6.45, 7) is 1.86. The number of hydrogen-bond donors (Lipinski definition) is 1. The van der Waals surface area contributed by atoms with Gasteiger partial charge in [0, 0.05) is 11.4 Å². The van der Waals surface area contributed by atoms with E-state index in [1.807, 2.05) is 25.1 Å². The molecule has 0 bridgehead atoms. The summed E-state index contributed by atoms with van der Waals surface area (Å²) >= 11 is 1.46. The first-order valence-corrected chi connectivity index (χ1v) is 8.74. The molecule has 0 fully saturated rings. The van der Waals surface area contributed by atoms with E-state index in [0.29, 0.717) is 22.6 Å². The number of methoxy groups -OCH3 is 1. The monoisotopic (exact) mass is 354 g/mol. The van der Waals surface area contributed by atoms with E-state index in [0.717, 1.165) is 11.1 Å². The van der Waals surface area contributed by atoms with Crippen LogP contribution in [-0.2, 0) is 15.3 Å². The van der Waals surface area contributed by atoms with E-state index >= 15 is 0 Å². The van der Waals surface area contributed by atoms with Gasteiger partial charge in [-0.15, -0.1) is 11.8 Å². The Morgan fingerprint density at radius 2 is 2.04 bits per heavy atom. The lowest BCUT2D eigenvalue weighted by atomic mass is 10.1. The number of nitrogens with zero attached hydrogens (tertiary/aromatic N) is 1. The third kappa shape index (κ3) is 5.37. The molecule has 0 saturated carbocycles. The van der Waals surface area contributed by atoms with Crippen LogP contribution < -0.4 is 5.32 Å². The van der Waals surface area contributed by atoms with Crippen LogP contribution in [0.3, 0.4) is 0 Å². The van der Waals surface area contributed by atoms with E-state index in [4.69, 9.17) is 10.00 Å². The Bertz CT molecular complexity index is 828. The zero-order valence-electron chi connectivity index (χ0n) is 14.0. The Kier molecular flexibility index (Phi) is 6.61. The van der Waals surface area contributed by atoms with E-state index < -0.39 is 5.97 Å². The predicted molar refractivity (Wildman–Crippen MR) is 98.5 cm³/mol. The Morgan fingerprint density at radius 1 is 1.24 bits per heavy atom. The van der Waals surface area contributed by atoms with Gasteiger partial charge in [-0.25, -0.2) is 4.79 Å². The highest BCUT2D eigenvalue weighted by Crippen LogP contribution is 2.19. The second-order valence-electron chi connectivity index (χ2n) is 5.37. The Morgan fingerprint density at radius 3 is 2.76 bits per heavy atom. The van der Waals surface area contributed by atoms with Crippen LogP contribution in [0.2, 0.25) is 0 Å². The summed E-state index contributed by atoms with van der Waals surface area (Å²) in [5.74, 6) is 0.330. The lowest BCUT2D eigenvalue weighted by Crippen LogP contribution is -2.15. The molecule has 1 N–H and O–H groups in total. The minimum absolute atomic E-state index is 0.147. The maximum atomic E-state index is 12.1. The molecule has 128 valence electrons. The van der Waals surface area contributed by atoms with Gasteiger partial charge >= 0.3 is 5.97 Å². The fourth-order valence-electron chi connectivity index (χ4n) is 2.18. The molecule has 0 unspecified atom stereocenters. The van der Waals surface area contributed by atoms with Crippen molar-refractivity contribution in [3.8, 4) is 6.07 Å². The first-order valence-electron chi connectivity index (χ1n) is 7.59. The van der Waals surface area contributed by atoms with Gasteiger partial charge in [-0.1, -0.05) is 18.2 Å². The second kappa shape index (κ2) is 8.90. The smallest absolute Gasteiger partial charge is 0.337 e. The lowest BCUT2D eigenvalue weighted by molar-refractivity contribution is -0.113. The number of ether oxygens (including phenoxy) is 1. The van der Waals surface area contributed by atoms with Crippen LogP contribution in [0.25, 0.3) is 0 Å². The largest absolute Gasteiger partial charge is 0.465 e. The summed E-state index contributed by atoms with van der Waals surface area (Å²) in [5, 5.41) is 11.7. The van der Waals surface area contributed by atoms with Crippen molar-refractivity contribution in [3.63, 3.8) is 0 Å². The van der Waals surface area contributed by atoms with Crippen LogP contribution >= 0.6 is 11.8 Å². The van der Waals surface area contributed by atoms with Crippen molar-refractivity contribution >= 4 is 29.3 Å². The van der Waals surface area contributed by atoms with Crippen molar-refractivity contribution in [2.24, 2.45) is 0 Å². The Balaban J connectivity index is 1.92. The summed E-state index contributed by atoms with van der Waals surface area (Å²) in [6, 6.07) is 14.5. The molecule has 0 aliphatic carbocycles. The molecule has 1 amide bonds. The molecule has 2 aromatic rings. The number of hydrogen-bond acceptors (Lipinski definition) is 5. The Hall–Kier alpha value is -2.78. The number of esters is 1. The number of nitriles is 1. The highest BCUT2D eigenvalue weighted by molar-refractivity contribution is 7.99. The van der Waals surface area contributed by atoms with Crippen molar-refractivity contribution in [1.82, 2.24) is 0 Å². The summed E-state index contributed by atoms with van der Waals surface area (Å²) in [5.41, 5.74) is 3.47. The van der Waals surface area contributed by atoms with Crippen molar-refractivity contribution < 1.29 is 14.3 Å². The number of benzene rings is 2. The lowest BCUT2D eigenvalue weighted by Gasteiger charge is -2.10. The van der Waals surface area contributed by atoms with Crippen molar-refractivity contribution in [2.75, 3.05) is 18.2 Å². The number of amides is 1. The molecule has 5 nitrogen and oxygen atoms in total. The van der Waals surface area contributed by atoms with Gasteiger partial charge in [0.1, 0.15) is 0 Å². The molecule has 0 saturated heterocycles. The van der Waals surface area contributed by atoms with E-state index in [1.165, 1.54) is 18.9 Å². The molecule has 25 heavy (non-hydrogen) atoms. The fourth-order valence-corrected chi connectivity index (χ4v) is 2.95. The standard InChI is InChI=1S/C19H18N2O3S/c1-13-6-7-16(19(23)24-2)9-17(13)21-18(22)12-25-11-15-5-3-4-14(8-15)10-20/h3-9H,11-12H2,1-2H3,(H,21,22). The highest BCUT2D eigenvalue weighted by Gasteiger charge is 2.10. The normalized spacial score (nSPS) is 9.96. The third-order valence-electron chi connectivity index (χ3n) is 3.49. The topological polar surface area (TPSA) is 79.2 Å². The van der Waals surface area contributed by atoms with Crippen LogP contribution in [-0.4, -0.2) is 24.7 Å². The molecule has 2 rings (SSSR count). The van der Waals surface area contributed by atoms with E-state index in [1.54, 1.807) is 24.3 Å². The molecule has 2 aromatic carbocycles. The third-order valence-corrected chi connectivity index (χ3v) is 4.49. The molecule has 6 heteroatoms. The minimum atomic E-state index is -0.442. The van der Waals surface area contributed by atoms with Gasteiger partial charge in [-0.2, -0.15) is 5.26 Å². The number of nitrogens with one attached hydrogen (secondary N) is 1. The zero-order valence-corrected chi connectivity index (χ0v) is 14.9. The van der Waals surface area contributed by atoms with Crippen LogP contribution in [0.4, 0.5) is 5.69 Å². The minimum Gasteiger partial charge on any atom is -0.465 e. The van der Waals surface area contributed by atoms with Crippen LogP contribution in [0, 0.1) is 18.3 Å². The van der Waals surface area contributed by atoms with Crippen LogP contribution in [0.5, 0.6) is 0 Å².